The lowest BCUT2D eigenvalue weighted by atomic mass is 9.96. The van der Waals surface area contributed by atoms with Crippen LogP contribution in [0.25, 0.3) is 43.4 Å². The first kappa shape index (κ1) is 24.1. The van der Waals surface area contributed by atoms with Crippen molar-refractivity contribution in [2.45, 2.75) is 27.2 Å². The van der Waals surface area contributed by atoms with Crippen molar-refractivity contribution in [1.82, 2.24) is 4.57 Å². The molecular weight excluding hydrogens is 500 g/mol. The lowest BCUT2D eigenvalue weighted by Crippen LogP contribution is -2.16. The third-order valence-corrected chi connectivity index (χ3v) is 8.97. The number of benzene rings is 6. The lowest BCUT2D eigenvalue weighted by molar-refractivity contribution is 0.487. The van der Waals surface area contributed by atoms with Crippen LogP contribution in [0.1, 0.15) is 27.8 Å². The molecule has 200 valence electrons. The van der Waals surface area contributed by atoms with Crippen LogP contribution in [0, 0.1) is 20.8 Å². The molecule has 0 saturated carbocycles. The maximum atomic E-state index is 6.71. The van der Waals surface area contributed by atoms with E-state index in [1.165, 1.54) is 60.4 Å². The maximum absolute atomic E-state index is 6.71. The fourth-order valence-electron chi connectivity index (χ4n) is 7.22. The topological polar surface area (TPSA) is 17.4 Å². The Morgan fingerprint density at radius 3 is 2.00 bits per heavy atom. The molecule has 3 heteroatoms. The first-order valence-electron chi connectivity index (χ1n) is 14.4. The summed E-state index contributed by atoms with van der Waals surface area (Å²) in [7, 11) is 4.33. The van der Waals surface area contributed by atoms with Crippen LogP contribution in [-0.4, -0.2) is 11.6 Å². The number of aryl methyl sites for hydroxylation is 4. The average Bonchev–Trinajstić information content (AvgIpc) is 3.24. The largest absolute Gasteiger partial charge is 0.452 e. The number of ether oxygens (including phenoxy) is 1. The van der Waals surface area contributed by atoms with Crippen molar-refractivity contribution in [3.63, 3.8) is 0 Å². The summed E-state index contributed by atoms with van der Waals surface area (Å²) in [4.78, 5) is 2.25. The summed E-state index contributed by atoms with van der Waals surface area (Å²) in [5.74, 6) is 1.86. The van der Waals surface area contributed by atoms with Gasteiger partial charge in [0.15, 0.2) is 11.5 Å². The highest BCUT2D eigenvalue weighted by atomic mass is 16.5. The molecule has 0 unspecified atom stereocenters. The molecule has 1 aromatic heterocycles. The van der Waals surface area contributed by atoms with Crippen LogP contribution >= 0.6 is 0 Å². The molecule has 6 aromatic carbocycles. The summed E-state index contributed by atoms with van der Waals surface area (Å²) in [6.45, 7) is 6.66. The lowest BCUT2D eigenvalue weighted by Gasteiger charge is -2.31. The van der Waals surface area contributed by atoms with Crippen molar-refractivity contribution < 1.29 is 4.74 Å². The monoisotopic (exact) mass is 532 g/mol. The molecule has 0 bridgehead atoms. The molecule has 0 atom stereocenters. The Hall–Kier alpha value is -4.76. The van der Waals surface area contributed by atoms with Crippen molar-refractivity contribution in [1.29, 1.82) is 0 Å². The van der Waals surface area contributed by atoms with E-state index < -0.39 is 0 Å². The molecule has 1 aliphatic rings. The summed E-state index contributed by atoms with van der Waals surface area (Å²) in [6.07, 6.45) is 0.888. The molecule has 8 rings (SSSR count). The minimum atomic E-state index is 0.888. The van der Waals surface area contributed by atoms with Crippen LogP contribution in [0.5, 0.6) is 11.5 Å². The molecule has 7 aromatic rings. The molecule has 0 saturated heterocycles. The Labute approximate surface area is 240 Å². The summed E-state index contributed by atoms with van der Waals surface area (Å²) in [5.41, 5.74) is 11.5. The number of hydrogen-bond donors (Lipinski definition) is 0. The first-order valence-corrected chi connectivity index (χ1v) is 14.4. The SMILES string of the molecule is Cc1cc(C)c2c(c1)c1cc(Cc3ccc4c5c(ccc4c3)N(C)c3ccc4ccccc4c3O5)cc(C)c1n2C. The first-order chi connectivity index (χ1) is 19.9. The van der Waals surface area contributed by atoms with E-state index in [1.807, 2.05) is 0 Å². The van der Waals surface area contributed by atoms with Gasteiger partial charge in [0.25, 0.3) is 0 Å². The van der Waals surface area contributed by atoms with Crippen LogP contribution < -0.4 is 9.64 Å². The van der Waals surface area contributed by atoms with Crippen LogP contribution in [0.2, 0.25) is 0 Å². The van der Waals surface area contributed by atoms with E-state index in [4.69, 9.17) is 4.74 Å². The van der Waals surface area contributed by atoms with Gasteiger partial charge in [0.2, 0.25) is 0 Å². The van der Waals surface area contributed by atoms with Gasteiger partial charge < -0.3 is 14.2 Å². The predicted molar refractivity (Wildman–Crippen MR) is 173 cm³/mol. The van der Waals surface area contributed by atoms with E-state index in [0.717, 1.165) is 40.1 Å². The van der Waals surface area contributed by atoms with Gasteiger partial charge in [-0.15, -0.1) is 0 Å². The van der Waals surface area contributed by atoms with E-state index in [2.05, 4.69) is 135 Å². The molecule has 0 amide bonds. The number of hydrogen-bond acceptors (Lipinski definition) is 2. The molecule has 1 aliphatic heterocycles. The maximum Gasteiger partial charge on any atom is 0.159 e. The van der Waals surface area contributed by atoms with E-state index in [1.54, 1.807) is 0 Å². The normalized spacial score (nSPS) is 12.8. The van der Waals surface area contributed by atoms with Crippen molar-refractivity contribution >= 4 is 54.7 Å². The molecule has 2 heterocycles. The van der Waals surface area contributed by atoms with Crippen molar-refractivity contribution in [2.75, 3.05) is 11.9 Å². The zero-order valence-corrected chi connectivity index (χ0v) is 24.2. The van der Waals surface area contributed by atoms with Crippen molar-refractivity contribution in [2.24, 2.45) is 7.05 Å². The van der Waals surface area contributed by atoms with Crippen LogP contribution in [0.15, 0.2) is 91.0 Å². The molecule has 0 spiro atoms. The van der Waals surface area contributed by atoms with Gasteiger partial charge in [-0.1, -0.05) is 72.3 Å². The van der Waals surface area contributed by atoms with E-state index in [0.29, 0.717) is 0 Å². The van der Waals surface area contributed by atoms with E-state index in [-0.39, 0.29) is 0 Å². The van der Waals surface area contributed by atoms with Crippen LogP contribution in [0.4, 0.5) is 11.4 Å². The van der Waals surface area contributed by atoms with Gasteiger partial charge in [-0.2, -0.15) is 0 Å². The standard InChI is InChI=1S/C38H32N2O/c1-22-16-23(2)35-31(17-22)32-21-26(18-24(3)36(32)40(35)5)19-25-10-13-30-28(20-25)12-15-34-38(30)41-37-29-9-7-6-8-27(29)11-14-33(37)39(34)4/h6-18,20-21H,19H2,1-5H3. The second-order valence-electron chi connectivity index (χ2n) is 11.8. The number of aromatic nitrogens is 1. The minimum absolute atomic E-state index is 0.888. The van der Waals surface area contributed by atoms with Crippen LogP contribution in [-0.2, 0) is 13.5 Å². The summed E-state index contributed by atoms with van der Waals surface area (Å²) < 4.78 is 9.09. The van der Waals surface area contributed by atoms with Gasteiger partial charge in [-0.25, -0.2) is 0 Å². The fraction of sp³-hybridized carbons (Fsp3) is 0.158. The number of anilines is 2. The minimum Gasteiger partial charge on any atom is -0.452 e. The second-order valence-corrected chi connectivity index (χ2v) is 11.8. The van der Waals surface area contributed by atoms with Crippen molar-refractivity contribution in [3.8, 4) is 11.5 Å². The molecular formula is C38H32N2O. The summed E-state index contributed by atoms with van der Waals surface area (Å²) in [5, 5.41) is 7.37. The van der Waals surface area contributed by atoms with Gasteiger partial charge in [-0.05, 0) is 84.5 Å². The number of rotatable bonds is 2. The number of nitrogens with zero attached hydrogens (tertiary/aromatic N) is 2. The van der Waals surface area contributed by atoms with Gasteiger partial charge in [0.1, 0.15) is 0 Å². The second kappa shape index (κ2) is 8.62. The smallest absolute Gasteiger partial charge is 0.159 e. The summed E-state index contributed by atoms with van der Waals surface area (Å²) >= 11 is 0. The van der Waals surface area contributed by atoms with Crippen molar-refractivity contribution in [3.05, 3.63) is 119 Å². The fourth-order valence-corrected chi connectivity index (χ4v) is 7.22. The van der Waals surface area contributed by atoms with E-state index >= 15 is 0 Å². The van der Waals surface area contributed by atoms with Gasteiger partial charge in [0, 0.05) is 35.6 Å². The third kappa shape index (κ3) is 3.52. The number of fused-ring (bicyclic) bond motifs is 9. The third-order valence-electron chi connectivity index (χ3n) is 8.97. The highest BCUT2D eigenvalue weighted by Gasteiger charge is 2.25. The molecule has 0 aliphatic carbocycles. The van der Waals surface area contributed by atoms with Gasteiger partial charge in [0.05, 0.1) is 22.4 Å². The predicted octanol–water partition coefficient (Wildman–Crippen LogP) is 10.0. The average molecular weight is 533 g/mol. The molecule has 0 N–H and O–H groups in total. The van der Waals surface area contributed by atoms with Gasteiger partial charge in [-0.3, -0.25) is 0 Å². The quantitative estimate of drug-likeness (QED) is 0.220. The molecule has 0 fully saturated rings. The van der Waals surface area contributed by atoms with Crippen LogP contribution in [0.3, 0.4) is 0 Å². The zero-order chi connectivity index (χ0) is 28.0. The summed E-state index contributed by atoms with van der Waals surface area (Å²) in [6, 6.07) is 33.4. The Kier molecular flexibility index (Phi) is 5.06. The highest BCUT2D eigenvalue weighted by Crippen LogP contribution is 2.51. The Morgan fingerprint density at radius 1 is 0.561 bits per heavy atom. The van der Waals surface area contributed by atoms with Gasteiger partial charge >= 0.3 is 0 Å². The zero-order valence-electron chi connectivity index (χ0n) is 24.2. The Morgan fingerprint density at radius 2 is 1.22 bits per heavy atom. The van der Waals surface area contributed by atoms with E-state index in [9.17, 15) is 0 Å². The molecule has 41 heavy (non-hydrogen) atoms. The Bertz CT molecular complexity index is 2220. The molecule has 0 radical (unpaired) electrons. The Balaban J connectivity index is 1.21. The highest BCUT2D eigenvalue weighted by molar-refractivity contribution is 6.10. The molecule has 3 nitrogen and oxygen atoms in total.